The molecule has 4 aromatic rings. The van der Waals surface area contributed by atoms with Crippen LogP contribution in [-0.4, -0.2) is 135 Å². The second kappa shape index (κ2) is 21.7. The van der Waals surface area contributed by atoms with Gasteiger partial charge in [0.1, 0.15) is 37.9 Å². The number of benzene rings is 2. The van der Waals surface area contributed by atoms with Gasteiger partial charge in [0.2, 0.25) is 10.0 Å². The Bertz CT molecular complexity index is 2360. The number of hydrogen-bond donors (Lipinski definition) is 2. The summed E-state index contributed by atoms with van der Waals surface area (Å²) in [7, 11) is -5.19. The summed E-state index contributed by atoms with van der Waals surface area (Å²) in [5, 5.41) is 4.99. The summed E-state index contributed by atoms with van der Waals surface area (Å²) in [5.41, 5.74) is -0.989. The van der Waals surface area contributed by atoms with E-state index in [1.165, 1.54) is 60.1 Å². The summed E-state index contributed by atoms with van der Waals surface area (Å²) in [6.45, 7) is 15.1. The van der Waals surface area contributed by atoms with Crippen LogP contribution >= 0.6 is 23.2 Å². The van der Waals surface area contributed by atoms with E-state index in [2.05, 4.69) is 15.3 Å². The number of sulfonamides is 1. The van der Waals surface area contributed by atoms with Gasteiger partial charge in [-0.2, -0.15) is 12.7 Å². The number of ether oxygens (including phenoxy) is 4. The lowest BCUT2D eigenvalue weighted by Gasteiger charge is -2.35. The minimum atomic E-state index is -4.31. The van der Waals surface area contributed by atoms with Crippen molar-refractivity contribution in [3.63, 3.8) is 0 Å². The van der Waals surface area contributed by atoms with Crippen LogP contribution in [0.25, 0.3) is 21.5 Å². The zero-order chi connectivity index (χ0) is 43.9. The number of hydrogen-bond acceptors (Lipinski definition) is 13. The maximum Gasteiger partial charge on any atom is 0.410 e. The minimum Gasteiger partial charge on any atom is -0.496 e. The number of fused-ring (bicyclic) bond motifs is 2. The van der Waals surface area contributed by atoms with E-state index < -0.39 is 31.8 Å². The van der Waals surface area contributed by atoms with Crippen molar-refractivity contribution >= 4 is 77.1 Å². The molecule has 21 heteroatoms. The highest BCUT2D eigenvalue weighted by molar-refractivity contribution is 7.89. The van der Waals surface area contributed by atoms with E-state index in [0.717, 1.165) is 26.2 Å². The van der Waals surface area contributed by atoms with E-state index >= 15 is 0 Å². The quantitative estimate of drug-likeness (QED) is 0.148. The summed E-state index contributed by atoms with van der Waals surface area (Å²) in [6.07, 6.45) is 2.18. The molecular formula is C40H58Cl2N6O11S2. The Morgan fingerprint density at radius 1 is 0.656 bits per heavy atom. The molecule has 2 saturated heterocycles. The van der Waals surface area contributed by atoms with Crippen molar-refractivity contribution in [1.82, 2.24) is 29.4 Å². The lowest BCUT2D eigenvalue weighted by atomic mass is 10.1. The minimum absolute atomic E-state index is 0. The van der Waals surface area contributed by atoms with E-state index in [9.17, 15) is 26.4 Å². The second-order valence-electron chi connectivity index (χ2n) is 15.1. The molecule has 0 atom stereocenters. The normalized spacial score (nSPS) is 14.9. The first-order valence-electron chi connectivity index (χ1n) is 18.3. The van der Waals surface area contributed by atoms with Crippen LogP contribution in [0.1, 0.15) is 56.4 Å². The Hall–Kier alpha value is -4.24. The molecule has 61 heavy (non-hydrogen) atoms. The summed E-state index contributed by atoms with van der Waals surface area (Å²) in [4.78, 5) is 34.7. The monoisotopic (exact) mass is 932 g/mol. The lowest BCUT2D eigenvalue weighted by Crippen LogP contribution is -2.51. The van der Waals surface area contributed by atoms with E-state index in [0.29, 0.717) is 27.7 Å². The van der Waals surface area contributed by atoms with Crippen LogP contribution in [0.4, 0.5) is 9.59 Å². The molecule has 0 aliphatic carbocycles. The summed E-state index contributed by atoms with van der Waals surface area (Å²) < 4.78 is 80.5. The maximum atomic E-state index is 13.3. The topological polar surface area (TPSA) is 207 Å². The highest BCUT2D eigenvalue weighted by Gasteiger charge is 2.33. The second-order valence-corrected chi connectivity index (χ2v) is 19.2. The van der Waals surface area contributed by atoms with Crippen molar-refractivity contribution in [3.05, 3.63) is 59.1 Å². The highest BCUT2D eigenvalue weighted by atomic mass is 35.5. The predicted molar refractivity (Wildman–Crippen MR) is 237 cm³/mol. The molecule has 0 bridgehead atoms. The standard InChI is InChI=1S/C19H24ClN3O5S.C10H8ClNO4S.C9H18N2O2.2CH4/c1-19(2,3)28-18(24)22-9-11-23(12-10-22)29(25,26)15-6-5-14(27-4)16-13(15)7-8-21-17(16)20;1-16-7-2-3-8(17(13,14)15)6-4-5-12-10(11)9(6)7;1-9(2,3)13-8(12)11-6-4-10-5-7-11;;/h5-8H,9-12H2,1-4H3;2-5H,1H3,(H,13,14,15);10H,4-7H2,1-3H3;2*1H4. The number of halogens is 2. The van der Waals surface area contributed by atoms with Crippen LogP contribution in [0.2, 0.25) is 10.3 Å². The molecule has 4 heterocycles. The van der Waals surface area contributed by atoms with E-state index in [1.807, 2.05) is 20.8 Å². The van der Waals surface area contributed by atoms with Gasteiger partial charge in [-0.1, -0.05) is 38.1 Å². The zero-order valence-electron chi connectivity index (χ0n) is 34.1. The van der Waals surface area contributed by atoms with Crippen LogP contribution in [0.5, 0.6) is 11.5 Å². The van der Waals surface area contributed by atoms with E-state index in [4.69, 9.17) is 46.7 Å². The molecule has 0 radical (unpaired) electrons. The van der Waals surface area contributed by atoms with Gasteiger partial charge in [0.15, 0.2) is 0 Å². The Balaban J connectivity index is 0.000000341. The first-order chi connectivity index (χ1) is 27.5. The van der Waals surface area contributed by atoms with Crippen LogP contribution in [0, 0.1) is 0 Å². The Kier molecular flexibility index (Phi) is 18.8. The first kappa shape index (κ1) is 52.9. The third kappa shape index (κ3) is 13.9. The molecule has 6 rings (SSSR count). The molecule has 2 aromatic carbocycles. The smallest absolute Gasteiger partial charge is 0.410 e. The largest absolute Gasteiger partial charge is 0.496 e. The van der Waals surface area contributed by atoms with Gasteiger partial charge >= 0.3 is 12.2 Å². The third-order valence-corrected chi connectivity index (χ3v) is 12.0. The molecule has 2 aromatic heterocycles. The summed E-state index contributed by atoms with van der Waals surface area (Å²) >= 11 is 12.1. The molecule has 0 saturated carbocycles. The van der Waals surface area contributed by atoms with Gasteiger partial charge in [-0.05, 0) is 77.9 Å². The number of piperazine rings is 2. The molecule has 2 amide bonds. The van der Waals surface area contributed by atoms with E-state index in [1.54, 1.807) is 37.8 Å². The number of rotatable bonds is 5. The van der Waals surface area contributed by atoms with Gasteiger partial charge in [-0.3, -0.25) is 4.55 Å². The molecule has 0 spiro atoms. The Morgan fingerprint density at radius 3 is 1.44 bits per heavy atom. The number of pyridine rings is 2. The van der Waals surface area contributed by atoms with Crippen molar-refractivity contribution in [1.29, 1.82) is 0 Å². The van der Waals surface area contributed by atoms with Crippen molar-refractivity contribution in [2.75, 3.05) is 66.6 Å². The maximum absolute atomic E-state index is 13.3. The Labute approximate surface area is 369 Å². The van der Waals surface area contributed by atoms with Crippen LogP contribution < -0.4 is 14.8 Å². The molecule has 17 nitrogen and oxygen atoms in total. The number of carbonyl (C=O) groups is 2. The number of amides is 2. The Morgan fingerprint density at radius 2 is 1.05 bits per heavy atom. The number of aromatic nitrogens is 2. The average molecular weight is 934 g/mol. The molecule has 0 unspecified atom stereocenters. The van der Waals surface area contributed by atoms with Gasteiger partial charge in [0, 0.05) is 75.5 Å². The van der Waals surface area contributed by atoms with Gasteiger partial charge in [0.25, 0.3) is 10.1 Å². The number of nitrogens with zero attached hydrogens (tertiary/aromatic N) is 5. The number of carbonyl (C=O) groups excluding carboxylic acids is 2. The lowest BCUT2D eigenvalue weighted by molar-refractivity contribution is 0.0190. The SMILES string of the molecule is C.C.CC(C)(C)OC(=O)N1CCNCC1.COc1ccc(S(=O)(=O)N2CCN(C(=O)OC(C)(C)C)CC2)c2ccnc(Cl)c12.COc1ccc(S(=O)(=O)O)c2ccnc(Cl)c12. The fourth-order valence-electron chi connectivity index (χ4n) is 5.94. The fourth-order valence-corrected chi connectivity index (χ4v) is 8.74. The van der Waals surface area contributed by atoms with Crippen LogP contribution in [0.3, 0.4) is 0 Å². The molecule has 2 N–H and O–H groups in total. The van der Waals surface area contributed by atoms with Crippen LogP contribution in [-0.2, 0) is 29.6 Å². The first-order valence-corrected chi connectivity index (χ1v) is 22.0. The van der Waals surface area contributed by atoms with Crippen molar-refractivity contribution < 1.29 is 49.9 Å². The highest BCUT2D eigenvalue weighted by Crippen LogP contribution is 2.37. The van der Waals surface area contributed by atoms with Crippen molar-refractivity contribution in [3.8, 4) is 11.5 Å². The van der Waals surface area contributed by atoms with Crippen LogP contribution in [0.15, 0.2) is 58.6 Å². The number of nitrogens with one attached hydrogen (secondary N) is 1. The van der Waals surface area contributed by atoms with E-state index in [-0.39, 0.29) is 78.2 Å². The van der Waals surface area contributed by atoms with Gasteiger partial charge in [-0.25, -0.2) is 28.0 Å². The van der Waals surface area contributed by atoms with Crippen molar-refractivity contribution in [2.24, 2.45) is 0 Å². The fraction of sp³-hybridized carbons (Fsp3) is 0.500. The predicted octanol–water partition coefficient (Wildman–Crippen LogP) is 7.38. The van der Waals surface area contributed by atoms with Crippen molar-refractivity contribution in [2.45, 2.75) is 77.4 Å². The molecule has 340 valence electrons. The van der Waals surface area contributed by atoms with Gasteiger partial charge in [-0.15, -0.1) is 0 Å². The molecule has 2 aliphatic rings. The zero-order valence-corrected chi connectivity index (χ0v) is 37.3. The molecule has 2 fully saturated rings. The van der Waals surface area contributed by atoms with Gasteiger partial charge in [0.05, 0.1) is 29.9 Å². The molecule has 2 aliphatic heterocycles. The van der Waals surface area contributed by atoms with Gasteiger partial charge < -0.3 is 34.1 Å². The molecular weight excluding hydrogens is 876 g/mol. The summed E-state index contributed by atoms with van der Waals surface area (Å²) in [6, 6.07) is 8.80. The summed E-state index contributed by atoms with van der Waals surface area (Å²) in [5.74, 6) is 0.845. The third-order valence-electron chi connectivity index (χ3n) is 8.60. The average Bonchev–Trinajstić information content (AvgIpc) is 3.16. The number of methoxy groups -OCH3 is 2.